The van der Waals surface area contributed by atoms with E-state index in [1.165, 1.54) is 4.88 Å². The monoisotopic (exact) mass is 331 g/mol. The van der Waals surface area contributed by atoms with Crippen LogP contribution in [0.2, 0.25) is 0 Å². The van der Waals surface area contributed by atoms with Crippen LogP contribution in [-0.4, -0.2) is 61.4 Å². The number of piperidine rings is 1. The van der Waals surface area contributed by atoms with Crippen LogP contribution >= 0.6 is 11.3 Å². The molecule has 0 radical (unpaired) electrons. The molecule has 0 aromatic carbocycles. The summed E-state index contributed by atoms with van der Waals surface area (Å²) >= 11 is 1.68. The summed E-state index contributed by atoms with van der Waals surface area (Å²) in [6.45, 7) is 5.09. The van der Waals surface area contributed by atoms with Crippen LogP contribution in [0.25, 0.3) is 0 Å². The summed E-state index contributed by atoms with van der Waals surface area (Å²) in [5.41, 5.74) is 0. The first-order chi connectivity index (χ1) is 10.1. The summed E-state index contributed by atoms with van der Waals surface area (Å²) in [4.78, 5) is 5.61. The summed E-state index contributed by atoms with van der Waals surface area (Å²) in [6.07, 6.45) is 3.78. The van der Waals surface area contributed by atoms with E-state index in [1.54, 1.807) is 19.9 Å². The Morgan fingerprint density at radius 3 is 2.71 bits per heavy atom. The molecule has 2 aliphatic heterocycles. The maximum absolute atomic E-state index is 12.7. The Hall–Kier alpha value is -0.540. The highest BCUT2D eigenvalue weighted by Crippen LogP contribution is 2.31. The van der Waals surface area contributed by atoms with Gasteiger partial charge in [-0.2, -0.15) is 17.0 Å². The lowest BCUT2D eigenvalue weighted by Crippen LogP contribution is -2.51. The molecule has 6 nitrogen and oxygen atoms in total. The van der Waals surface area contributed by atoms with Crippen molar-refractivity contribution in [1.29, 1.82) is 0 Å². The molecule has 0 aliphatic carbocycles. The van der Waals surface area contributed by atoms with Crippen molar-refractivity contribution in [1.82, 2.24) is 13.6 Å². The second-order valence-electron chi connectivity index (χ2n) is 5.53. The molecule has 1 atom stereocenters. The third-order valence-electron chi connectivity index (χ3n) is 4.00. The number of ether oxygens (including phenoxy) is 1. The van der Waals surface area contributed by atoms with Gasteiger partial charge in [0.05, 0.1) is 18.2 Å². The van der Waals surface area contributed by atoms with Gasteiger partial charge in [-0.25, -0.2) is 4.98 Å². The molecule has 118 valence electrons. The Labute approximate surface area is 129 Å². The lowest BCUT2D eigenvalue weighted by atomic mass is 10.0. The fraction of sp³-hybridized carbons (Fsp3) is 0.769. The molecule has 3 rings (SSSR count). The van der Waals surface area contributed by atoms with Crippen LogP contribution in [0, 0.1) is 6.92 Å². The van der Waals surface area contributed by atoms with E-state index in [2.05, 4.69) is 4.98 Å². The Morgan fingerprint density at radius 2 is 2.05 bits per heavy atom. The van der Waals surface area contributed by atoms with Crippen LogP contribution in [0.4, 0.5) is 0 Å². The lowest BCUT2D eigenvalue weighted by Gasteiger charge is -2.36. The van der Waals surface area contributed by atoms with Crippen LogP contribution in [0.3, 0.4) is 0 Å². The predicted molar refractivity (Wildman–Crippen MR) is 81.7 cm³/mol. The van der Waals surface area contributed by atoms with Crippen molar-refractivity contribution < 1.29 is 13.2 Å². The van der Waals surface area contributed by atoms with Crippen LogP contribution in [0.1, 0.15) is 28.6 Å². The minimum atomic E-state index is -3.36. The van der Waals surface area contributed by atoms with Gasteiger partial charge in [0.25, 0.3) is 10.2 Å². The predicted octanol–water partition coefficient (Wildman–Crippen LogP) is 1.21. The van der Waals surface area contributed by atoms with E-state index in [1.807, 2.05) is 13.1 Å². The van der Waals surface area contributed by atoms with Crippen molar-refractivity contribution in [3.05, 3.63) is 16.1 Å². The first kappa shape index (κ1) is 15.4. The fourth-order valence-electron chi connectivity index (χ4n) is 2.86. The van der Waals surface area contributed by atoms with Gasteiger partial charge in [0.2, 0.25) is 0 Å². The Balaban J connectivity index is 1.73. The number of hydrogen-bond acceptors (Lipinski definition) is 5. The topological polar surface area (TPSA) is 62.7 Å². The summed E-state index contributed by atoms with van der Waals surface area (Å²) in [5, 5.41) is 1.06. The van der Waals surface area contributed by atoms with Crippen molar-refractivity contribution in [3.63, 3.8) is 0 Å². The van der Waals surface area contributed by atoms with Crippen molar-refractivity contribution in [3.8, 4) is 0 Å². The molecular weight excluding hydrogens is 310 g/mol. The van der Waals surface area contributed by atoms with Crippen molar-refractivity contribution in [2.75, 3.05) is 39.4 Å². The van der Waals surface area contributed by atoms with E-state index in [9.17, 15) is 8.42 Å². The fourth-order valence-corrected chi connectivity index (χ4v) is 5.42. The molecule has 8 heteroatoms. The van der Waals surface area contributed by atoms with Gasteiger partial charge in [0, 0.05) is 43.2 Å². The molecule has 1 aromatic heterocycles. The molecule has 1 aromatic rings. The molecule has 2 aliphatic rings. The van der Waals surface area contributed by atoms with E-state index in [-0.39, 0.29) is 5.92 Å². The zero-order valence-corrected chi connectivity index (χ0v) is 13.8. The van der Waals surface area contributed by atoms with Gasteiger partial charge in [-0.3, -0.25) is 0 Å². The number of aryl methyl sites for hydroxylation is 1. The minimum Gasteiger partial charge on any atom is -0.379 e. The van der Waals surface area contributed by atoms with Gasteiger partial charge >= 0.3 is 0 Å². The normalized spacial score (nSPS) is 26.0. The zero-order chi connectivity index (χ0) is 14.9. The first-order valence-corrected chi connectivity index (χ1v) is 9.54. The van der Waals surface area contributed by atoms with Crippen LogP contribution in [0.15, 0.2) is 6.20 Å². The van der Waals surface area contributed by atoms with Gasteiger partial charge < -0.3 is 4.74 Å². The van der Waals surface area contributed by atoms with E-state index < -0.39 is 10.2 Å². The summed E-state index contributed by atoms with van der Waals surface area (Å²) in [5.74, 6) is 0.230. The summed E-state index contributed by atoms with van der Waals surface area (Å²) in [6, 6.07) is 0. The molecule has 0 saturated carbocycles. The lowest BCUT2D eigenvalue weighted by molar-refractivity contribution is 0.0695. The van der Waals surface area contributed by atoms with Crippen molar-refractivity contribution in [2.45, 2.75) is 25.7 Å². The number of aromatic nitrogens is 1. The van der Waals surface area contributed by atoms with E-state index in [4.69, 9.17) is 4.74 Å². The van der Waals surface area contributed by atoms with Gasteiger partial charge in [0.15, 0.2) is 0 Å². The van der Waals surface area contributed by atoms with Crippen molar-refractivity contribution in [2.24, 2.45) is 0 Å². The smallest absolute Gasteiger partial charge is 0.282 e. The van der Waals surface area contributed by atoms with Gasteiger partial charge in [-0.15, -0.1) is 11.3 Å². The maximum Gasteiger partial charge on any atom is 0.282 e. The average molecular weight is 331 g/mol. The molecular formula is C13H21N3O3S2. The first-order valence-electron chi connectivity index (χ1n) is 7.32. The number of hydrogen-bond donors (Lipinski definition) is 0. The van der Waals surface area contributed by atoms with E-state index >= 15 is 0 Å². The quantitative estimate of drug-likeness (QED) is 0.835. The second-order valence-corrected chi connectivity index (χ2v) is 8.72. The van der Waals surface area contributed by atoms with Gasteiger partial charge in [-0.1, -0.05) is 0 Å². The number of rotatable bonds is 3. The van der Waals surface area contributed by atoms with Crippen molar-refractivity contribution >= 4 is 21.5 Å². The Morgan fingerprint density at radius 1 is 1.29 bits per heavy atom. The average Bonchev–Trinajstić information content (AvgIpc) is 2.95. The zero-order valence-electron chi connectivity index (χ0n) is 12.2. The van der Waals surface area contributed by atoms with Gasteiger partial charge in [0.1, 0.15) is 0 Å². The molecule has 2 saturated heterocycles. The minimum absolute atomic E-state index is 0.230. The standard InChI is InChI=1S/C13H21N3O3S2/c1-11-9-14-13(20-11)12-3-2-4-16(10-12)21(17,18)15-5-7-19-8-6-15/h9,12H,2-8,10H2,1H3. The van der Waals surface area contributed by atoms with E-state index in [0.717, 1.165) is 17.8 Å². The third kappa shape index (κ3) is 3.29. The van der Waals surface area contributed by atoms with Crippen LogP contribution < -0.4 is 0 Å². The summed E-state index contributed by atoms with van der Waals surface area (Å²) in [7, 11) is -3.36. The van der Waals surface area contributed by atoms with E-state index in [0.29, 0.717) is 39.4 Å². The van der Waals surface area contributed by atoms with Crippen LogP contribution in [0.5, 0.6) is 0 Å². The number of thiazole rings is 1. The highest BCUT2D eigenvalue weighted by Gasteiger charge is 2.35. The highest BCUT2D eigenvalue weighted by atomic mass is 32.2. The Bertz CT molecular complexity index is 581. The molecule has 0 amide bonds. The van der Waals surface area contributed by atoms with Crippen LogP contribution in [-0.2, 0) is 14.9 Å². The molecule has 0 spiro atoms. The molecule has 1 unspecified atom stereocenters. The van der Waals surface area contributed by atoms with Gasteiger partial charge in [-0.05, 0) is 19.8 Å². The SMILES string of the molecule is Cc1cnc(C2CCCN(S(=O)(=O)N3CCOCC3)C2)s1. The molecule has 3 heterocycles. The third-order valence-corrected chi connectivity index (χ3v) is 7.07. The second kappa shape index (κ2) is 6.29. The number of nitrogens with zero attached hydrogens (tertiary/aromatic N) is 3. The molecule has 0 bridgehead atoms. The highest BCUT2D eigenvalue weighted by molar-refractivity contribution is 7.86. The molecule has 0 N–H and O–H groups in total. The molecule has 21 heavy (non-hydrogen) atoms. The molecule has 2 fully saturated rings. The maximum atomic E-state index is 12.7. The Kier molecular flexibility index (Phi) is 4.60. The largest absolute Gasteiger partial charge is 0.379 e. The number of morpholine rings is 1. The summed E-state index contributed by atoms with van der Waals surface area (Å²) < 4.78 is 33.8.